The lowest BCUT2D eigenvalue weighted by atomic mass is 10.0. The predicted octanol–water partition coefficient (Wildman–Crippen LogP) is 1.45. The van der Waals surface area contributed by atoms with Crippen molar-refractivity contribution >= 4 is 0 Å². The molecule has 0 unspecified atom stereocenters. The predicted molar refractivity (Wildman–Crippen MR) is 40.7 cm³/mol. The van der Waals surface area contributed by atoms with Gasteiger partial charge in [0, 0.05) is 12.1 Å². The average Bonchev–Trinajstić information content (AvgIpc) is 2.16. The van der Waals surface area contributed by atoms with Crippen LogP contribution in [0.1, 0.15) is 16.7 Å². The molecule has 0 bridgehead atoms. The average molecular weight is 168 g/mol. The van der Waals surface area contributed by atoms with Crippen molar-refractivity contribution in [3.8, 4) is 24.0 Å². The molecule has 4 nitrogen and oxygen atoms in total. The summed E-state index contributed by atoms with van der Waals surface area (Å²) >= 11 is 0. The van der Waals surface area contributed by atoms with Crippen molar-refractivity contribution in [2.45, 2.75) is 0 Å². The van der Waals surface area contributed by atoms with Crippen LogP contribution in [0.25, 0.3) is 0 Å². The van der Waals surface area contributed by atoms with Crippen LogP contribution >= 0.6 is 0 Å². The highest BCUT2D eigenvalue weighted by molar-refractivity contribution is 5.57. The Balaban J connectivity index is 3.59. The summed E-state index contributed by atoms with van der Waals surface area (Å²) in [5.41, 5.74) is -0.136. The first kappa shape index (κ1) is 8.59. The highest BCUT2D eigenvalue weighted by Gasteiger charge is 2.10. The standard InChI is InChI=1S/C9H2N3O/c10-3-6-1-8(13)2-7(4-11)9(6)5-12/h1-2H. The number of nitriles is 3. The maximum Gasteiger partial charge on any atom is 0.181 e. The van der Waals surface area contributed by atoms with Crippen LogP contribution in [-0.2, 0) is 5.11 Å². The minimum absolute atomic E-state index is 0.0374. The van der Waals surface area contributed by atoms with E-state index in [1.807, 2.05) is 0 Å². The van der Waals surface area contributed by atoms with Crippen molar-refractivity contribution in [1.29, 1.82) is 15.8 Å². The Morgan fingerprint density at radius 3 is 1.69 bits per heavy atom. The summed E-state index contributed by atoms with van der Waals surface area (Å²) < 4.78 is 0. The third-order valence-electron chi connectivity index (χ3n) is 1.46. The molecule has 0 aromatic heterocycles. The Morgan fingerprint density at radius 2 is 1.38 bits per heavy atom. The van der Waals surface area contributed by atoms with Gasteiger partial charge in [-0.25, -0.2) is 0 Å². The molecular weight excluding hydrogens is 166 g/mol. The molecule has 0 aliphatic heterocycles. The summed E-state index contributed by atoms with van der Waals surface area (Å²) in [7, 11) is 0. The highest BCUT2D eigenvalue weighted by atomic mass is 16.3. The molecule has 4 heteroatoms. The van der Waals surface area contributed by atoms with Crippen LogP contribution < -0.4 is 0 Å². The van der Waals surface area contributed by atoms with Crippen LogP contribution in [0.2, 0.25) is 0 Å². The Morgan fingerprint density at radius 1 is 0.923 bits per heavy atom. The first-order valence-electron chi connectivity index (χ1n) is 3.28. The number of hydrogen-bond acceptors (Lipinski definition) is 3. The van der Waals surface area contributed by atoms with Crippen LogP contribution in [0.4, 0.5) is 0 Å². The Kier molecular flexibility index (Phi) is 2.15. The van der Waals surface area contributed by atoms with Crippen LogP contribution in [0.15, 0.2) is 12.1 Å². The van der Waals surface area contributed by atoms with Gasteiger partial charge in [0.15, 0.2) is 5.75 Å². The third kappa shape index (κ3) is 1.40. The van der Waals surface area contributed by atoms with Crippen molar-refractivity contribution < 1.29 is 5.11 Å². The summed E-state index contributed by atoms with van der Waals surface area (Å²) in [6, 6.07) is 7.17. The summed E-state index contributed by atoms with van der Waals surface area (Å²) in [6.45, 7) is 0. The normalized spacial score (nSPS) is 8.08. The van der Waals surface area contributed by atoms with E-state index in [9.17, 15) is 5.11 Å². The first-order valence-corrected chi connectivity index (χ1v) is 3.28. The van der Waals surface area contributed by atoms with Crippen molar-refractivity contribution in [2.75, 3.05) is 0 Å². The molecule has 1 rings (SSSR count). The maximum absolute atomic E-state index is 10.9. The zero-order chi connectivity index (χ0) is 9.84. The summed E-state index contributed by atoms with van der Waals surface area (Å²) in [4.78, 5) is 0. The fourth-order valence-corrected chi connectivity index (χ4v) is 0.912. The van der Waals surface area contributed by atoms with E-state index in [4.69, 9.17) is 15.8 Å². The molecule has 1 aromatic carbocycles. The first-order chi connectivity index (χ1) is 6.22. The zero-order valence-corrected chi connectivity index (χ0v) is 6.40. The van der Waals surface area contributed by atoms with E-state index < -0.39 is 5.75 Å². The van der Waals surface area contributed by atoms with Gasteiger partial charge in [0.25, 0.3) is 0 Å². The van der Waals surface area contributed by atoms with Crippen LogP contribution in [0, 0.1) is 34.0 Å². The molecule has 0 heterocycles. The number of benzene rings is 1. The van der Waals surface area contributed by atoms with E-state index in [-0.39, 0.29) is 16.7 Å². The lowest BCUT2D eigenvalue weighted by molar-refractivity contribution is 0.354. The van der Waals surface area contributed by atoms with Crippen molar-refractivity contribution in [1.82, 2.24) is 0 Å². The minimum atomic E-state index is -0.438. The van der Waals surface area contributed by atoms with Gasteiger partial charge in [-0.1, -0.05) is 0 Å². The molecule has 0 atom stereocenters. The molecule has 0 amide bonds. The van der Waals surface area contributed by atoms with E-state index in [0.717, 1.165) is 12.1 Å². The van der Waals surface area contributed by atoms with Gasteiger partial charge < -0.3 is 0 Å². The van der Waals surface area contributed by atoms with Gasteiger partial charge in [0.2, 0.25) is 0 Å². The van der Waals surface area contributed by atoms with Gasteiger partial charge in [0.05, 0.1) is 16.7 Å². The van der Waals surface area contributed by atoms with Crippen molar-refractivity contribution in [3.05, 3.63) is 28.8 Å². The van der Waals surface area contributed by atoms with Crippen molar-refractivity contribution in [2.24, 2.45) is 0 Å². The van der Waals surface area contributed by atoms with E-state index in [0.29, 0.717) is 0 Å². The Hall–Kier alpha value is -2.51. The summed E-state index contributed by atoms with van der Waals surface area (Å²) in [6.07, 6.45) is 0. The topological polar surface area (TPSA) is 91.3 Å². The van der Waals surface area contributed by atoms with Gasteiger partial charge >= 0.3 is 0 Å². The van der Waals surface area contributed by atoms with Gasteiger partial charge in [0.1, 0.15) is 18.2 Å². The fourth-order valence-electron chi connectivity index (χ4n) is 0.912. The van der Waals surface area contributed by atoms with Crippen LogP contribution in [-0.4, -0.2) is 0 Å². The second-order valence-corrected chi connectivity index (χ2v) is 2.23. The van der Waals surface area contributed by atoms with E-state index in [2.05, 4.69) is 0 Å². The third-order valence-corrected chi connectivity index (χ3v) is 1.46. The molecule has 0 fully saturated rings. The van der Waals surface area contributed by atoms with Gasteiger partial charge in [-0.15, -0.1) is 0 Å². The quantitative estimate of drug-likeness (QED) is 0.586. The molecular formula is C9H2N3O. The summed E-state index contributed by atoms with van der Waals surface area (Å²) in [5, 5.41) is 36.6. The molecule has 0 aliphatic carbocycles. The monoisotopic (exact) mass is 168 g/mol. The molecule has 0 spiro atoms. The van der Waals surface area contributed by atoms with E-state index in [1.165, 1.54) is 0 Å². The largest absolute Gasteiger partial charge is 0.290 e. The molecule has 59 valence electrons. The molecule has 1 aromatic rings. The zero-order valence-electron chi connectivity index (χ0n) is 6.40. The molecule has 0 saturated heterocycles. The molecule has 0 saturated carbocycles. The fraction of sp³-hybridized carbons (Fsp3) is 0. The van der Waals surface area contributed by atoms with Crippen LogP contribution in [0.5, 0.6) is 5.75 Å². The smallest absolute Gasteiger partial charge is 0.181 e. The minimum Gasteiger partial charge on any atom is -0.290 e. The molecule has 0 N–H and O–H groups in total. The highest BCUT2D eigenvalue weighted by Crippen LogP contribution is 2.20. The number of hydrogen-bond donors (Lipinski definition) is 0. The lowest BCUT2D eigenvalue weighted by Crippen LogP contribution is -1.88. The lowest BCUT2D eigenvalue weighted by Gasteiger charge is -1.95. The maximum atomic E-state index is 10.9. The van der Waals surface area contributed by atoms with Gasteiger partial charge in [-0.05, 0) is 0 Å². The summed E-state index contributed by atoms with van der Waals surface area (Å²) in [5.74, 6) is -0.438. The van der Waals surface area contributed by atoms with Crippen molar-refractivity contribution in [3.63, 3.8) is 0 Å². The van der Waals surface area contributed by atoms with Crippen LogP contribution in [0.3, 0.4) is 0 Å². The SMILES string of the molecule is N#Cc1cc([O])cc(C#N)c1C#N. The number of rotatable bonds is 0. The molecule has 0 aliphatic rings. The molecule has 13 heavy (non-hydrogen) atoms. The van der Waals surface area contributed by atoms with E-state index in [1.54, 1.807) is 18.2 Å². The Labute approximate surface area is 74.5 Å². The van der Waals surface area contributed by atoms with Gasteiger partial charge in [-0.2, -0.15) is 15.8 Å². The second kappa shape index (κ2) is 3.26. The molecule has 1 radical (unpaired) electrons. The second-order valence-electron chi connectivity index (χ2n) is 2.23. The Bertz CT molecular complexity index is 436. The number of nitrogens with zero attached hydrogens (tertiary/aromatic N) is 3. The van der Waals surface area contributed by atoms with Gasteiger partial charge in [-0.3, -0.25) is 5.11 Å². The van der Waals surface area contributed by atoms with E-state index >= 15 is 0 Å².